The van der Waals surface area contributed by atoms with Crippen molar-refractivity contribution in [3.05, 3.63) is 60.2 Å². The van der Waals surface area contributed by atoms with Crippen molar-refractivity contribution >= 4 is 22.8 Å². The summed E-state index contributed by atoms with van der Waals surface area (Å²) in [5.74, 6) is 1.18. The van der Waals surface area contributed by atoms with Crippen LogP contribution >= 0.6 is 0 Å². The van der Waals surface area contributed by atoms with Crippen molar-refractivity contribution in [2.75, 3.05) is 11.5 Å². The van der Waals surface area contributed by atoms with Crippen molar-refractivity contribution in [3.63, 3.8) is 0 Å². The normalized spacial score (nSPS) is 11.4. The highest BCUT2D eigenvalue weighted by Gasteiger charge is 2.19. The highest BCUT2D eigenvalue weighted by molar-refractivity contribution is 6.07. The van der Waals surface area contributed by atoms with Gasteiger partial charge in [-0.2, -0.15) is 9.97 Å². The Morgan fingerprint density at radius 2 is 1.59 bits per heavy atom. The summed E-state index contributed by atoms with van der Waals surface area (Å²) in [6.07, 6.45) is 1.06. The number of nitrogens with one attached hydrogen (secondary N) is 1. The molecular formula is C22H23N5. The Hall–Kier alpha value is -3.34. The molecule has 4 rings (SSSR count). The van der Waals surface area contributed by atoms with Gasteiger partial charge in [-0.15, -0.1) is 0 Å². The van der Waals surface area contributed by atoms with Crippen molar-refractivity contribution in [3.8, 4) is 22.4 Å². The SMILES string of the molecule is CC(C)Cc1ccc(-c2[nH]c3nc(N)nc(N)c3c2-c2ccccc2)cc1. The first-order valence-electron chi connectivity index (χ1n) is 9.12. The third kappa shape index (κ3) is 3.24. The summed E-state index contributed by atoms with van der Waals surface area (Å²) < 4.78 is 0. The molecule has 5 nitrogen and oxygen atoms in total. The maximum atomic E-state index is 6.21. The van der Waals surface area contributed by atoms with Gasteiger partial charge in [0.05, 0.1) is 11.1 Å². The molecule has 2 aromatic carbocycles. The number of fused-ring (bicyclic) bond motifs is 1. The standard InChI is InChI=1S/C22H23N5/c1-13(2)12-14-8-10-16(11-9-14)19-17(15-6-4-3-5-7-15)18-20(23)26-22(24)27-21(18)25-19/h3-11,13H,12H2,1-2H3,(H5,23,24,25,26,27). The third-order valence-electron chi connectivity index (χ3n) is 4.65. The maximum Gasteiger partial charge on any atom is 0.223 e. The van der Waals surface area contributed by atoms with E-state index in [9.17, 15) is 0 Å². The molecule has 0 aliphatic heterocycles. The molecule has 0 spiro atoms. The van der Waals surface area contributed by atoms with Gasteiger partial charge in [0.25, 0.3) is 0 Å². The second-order valence-electron chi connectivity index (χ2n) is 7.23. The zero-order valence-electron chi connectivity index (χ0n) is 15.5. The molecule has 0 aliphatic carbocycles. The molecule has 2 aromatic heterocycles. The van der Waals surface area contributed by atoms with E-state index in [1.165, 1.54) is 5.56 Å². The monoisotopic (exact) mass is 357 g/mol. The molecule has 27 heavy (non-hydrogen) atoms. The summed E-state index contributed by atoms with van der Waals surface area (Å²) in [6, 6.07) is 18.8. The molecular weight excluding hydrogens is 334 g/mol. The van der Waals surface area contributed by atoms with Gasteiger partial charge in [-0.1, -0.05) is 68.4 Å². The van der Waals surface area contributed by atoms with E-state index in [1.54, 1.807) is 0 Å². The van der Waals surface area contributed by atoms with E-state index in [0.29, 0.717) is 17.4 Å². The van der Waals surface area contributed by atoms with Crippen LogP contribution in [0.25, 0.3) is 33.4 Å². The van der Waals surface area contributed by atoms with Crippen LogP contribution in [0, 0.1) is 5.92 Å². The molecule has 0 fully saturated rings. The molecule has 0 bridgehead atoms. The molecule has 0 saturated carbocycles. The second-order valence-corrected chi connectivity index (χ2v) is 7.23. The molecule has 0 unspecified atom stereocenters. The Kier molecular flexibility index (Phi) is 4.28. The van der Waals surface area contributed by atoms with Crippen molar-refractivity contribution < 1.29 is 0 Å². The lowest BCUT2D eigenvalue weighted by molar-refractivity contribution is 0.647. The summed E-state index contributed by atoms with van der Waals surface area (Å²) in [4.78, 5) is 11.9. The van der Waals surface area contributed by atoms with Crippen LogP contribution in [0.2, 0.25) is 0 Å². The topological polar surface area (TPSA) is 93.6 Å². The quantitative estimate of drug-likeness (QED) is 0.495. The van der Waals surface area contributed by atoms with Crippen LogP contribution in [-0.2, 0) is 6.42 Å². The van der Waals surface area contributed by atoms with Gasteiger partial charge in [0.2, 0.25) is 5.95 Å². The van der Waals surface area contributed by atoms with Crippen molar-refractivity contribution in [2.45, 2.75) is 20.3 Å². The highest BCUT2D eigenvalue weighted by Crippen LogP contribution is 2.40. The minimum atomic E-state index is 0.166. The number of hydrogen-bond acceptors (Lipinski definition) is 4. The summed E-state index contributed by atoms with van der Waals surface area (Å²) in [6.45, 7) is 4.45. The van der Waals surface area contributed by atoms with Crippen molar-refractivity contribution in [1.29, 1.82) is 0 Å². The largest absolute Gasteiger partial charge is 0.383 e. The first-order valence-corrected chi connectivity index (χ1v) is 9.12. The van der Waals surface area contributed by atoms with Gasteiger partial charge in [0.15, 0.2) is 0 Å². The van der Waals surface area contributed by atoms with E-state index in [1.807, 2.05) is 18.2 Å². The molecule has 5 N–H and O–H groups in total. The number of benzene rings is 2. The highest BCUT2D eigenvalue weighted by atomic mass is 15.1. The van der Waals surface area contributed by atoms with Gasteiger partial charge in [-0.05, 0) is 29.0 Å². The summed E-state index contributed by atoms with van der Waals surface area (Å²) in [5.41, 5.74) is 18.1. The number of aromatic nitrogens is 3. The second kappa shape index (κ2) is 6.76. The van der Waals surface area contributed by atoms with Gasteiger partial charge in [-0.25, -0.2) is 0 Å². The van der Waals surface area contributed by atoms with Gasteiger partial charge < -0.3 is 16.5 Å². The Balaban J connectivity index is 1.93. The Morgan fingerprint density at radius 3 is 2.26 bits per heavy atom. The molecule has 4 aromatic rings. The molecule has 0 radical (unpaired) electrons. The predicted molar refractivity (Wildman–Crippen MR) is 112 cm³/mol. The zero-order valence-corrected chi connectivity index (χ0v) is 15.5. The lowest BCUT2D eigenvalue weighted by Crippen LogP contribution is -1.99. The summed E-state index contributed by atoms with van der Waals surface area (Å²) in [5, 5.41) is 0.802. The van der Waals surface area contributed by atoms with Gasteiger partial charge in [0, 0.05) is 5.56 Å². The average molecular weight is 357 g/mol. The number of aromatic amines is 1. The van der Waals surface area contributed by atoms with E-state index in [-0.39, 0.29) is 5.95 Å². The molecule has 136 valence electrons. The number of hydrogen-bond donors (Lipinski definition) is 3. The molecule has 5 heteroatoms. The maximum absolute atomic E-state index is 6.21. The predicted octanol–water partition coefficient (Wildman–Crippen LogP) is 4.65. The van der Waals surface area contributed by atoms with Gasteiger partial charge in [-0.3, -0.25) is 0 Å². The third-order valence-corrected chi connectivity index (χ3v) is 4.65. The van der Waals surface area contributed by atoms with E-state index in [2.05, 4.69) is 65.2 Å². The fraction of sp³-hybridized carbons (Fsp3) is 0.182. The Morgan fingerprint density at radius 1 is 0.889 bits per heavy atom. The number of nitrogens with zero attached hydrogens (tertiary/aromatic N) is 2. The van der Waals surface area contributed by atoms with E-state index >= 15 is 0 Å². The van der Waals surface area contributed by atoms with Crippen LogP contribution in [0.1, 0.15) is 19.4 Å². The first kappa shape index (κ1) is 17.1. The number of nitrogen functional groups attached to an aromatic ring is 2. The van der Waals surface area contributed by atoms with Crippen LogP contribution in [0.5, 0.6) is 0 Å². The average Bonchev–Trinajstić information content (AvgIpc) is 3.02. The van der Waals surface area contributed by atoms with E-state index in [4.69, 9.17) is 11.5 Å². The lowest BCUT2D eigenvalue weighted by Gasteiger charge is -2.08. The van der Waals surface area contributed by atoms with Crippen molar-refractivity contribution in [2.24, 2.45) is 5.92 Å². The van der Waals surface area contributed by atoms with Crippen LogP contribution in [0.3, 0.4) is 0 Å². The lowest BCUT2D eigenvalue weighted by atomic mass is 9.97. The molecule has 0 saturated heterocycles. The summed E-state index contributed by atoms with van der Waals surface area (Å²) >= 11 is 0. The molecule has 2 heterocycles. The fourth-order valence-corrected chi connectivity index (χ4v) is 3.53. The van der Waals surface area contributed by atoms with Crippen LogP contribution in [-0.4, -0.2) is 15.0 Å². The molecule has 0 amide bonds. The van der Waals surface area contributed by atoms with Crippen LogP contribution in [0.4, 0.5) is 11.8 Å². The Bertz CT molecular complexity index is 1080. The zero-order chi connectivity index (χ0) is 19.0. The minimum Gasteiger partial charge on any atom is -0.383 e. The minimum absolute atomic E-state index is 0.166. The first-order chi connectivity index (χ1) is 13.0. The Labute approximate surface area is 158 Å². The van der Waals surface area contributed by atoms with E-state index in [0.717, 1.165) is 34.2 Å². The van der Waals surface area contributed by atoms with Crippen LogP contribution in [0.15, 0.2) is 54.6 Å². The number of rotatable bonds is 4. The fourth-order valence-electron chi connectivity index (χ4n) is 3.53. The van der Waals surface area contributed by atoms with Gasteiger partial charge >= 0.3 is 0 Å². The number of anilines is 2. The molecule has 0 atom stereocenters. The smallest absolute Gasteiger partial charge is 0.223 e. The van der Waals surface area contributed by atoms with Gasteiger partial charge in [0.1, 0.15) is 11.5 Å². The number of nitrogens with two attached hydrogens (primary N) is 2. The molecule has 0 aliphatic rings. The van der Waals surface area contributed by atoms with Crippen LogP contribution < -0.4 is 11.5 Å². The van der Waals surface area contributed by atoms with E-state index < -0.39 is 0 Å². The van der Waals surface area contributed by atoms with Crippen molar-refractivity contribution in [1.82, 2.24) is 15.0 Å². The number of H-pyrrole nitrogens is 1. The summed E-state index contributed by atoms with van der Waals surface area (Å²) in [7, 11) is 0.